The van der Waals surface area contributed by atoms with Crippen LogP contribution >= 0.6 is 0 Å². The Morgan fingerprint density at radius 2 is 2.12 bits per heavy atom. The number of anilines is 2. The minimum absolute atomic E-state index is 0.492. The molecule has 1 saturated carbocycles. The maximum absolute atomic E-state index is 5.76. The minimum atomic E-state index is 0.492. The largest absolute Gasteiger partial charge is 0.384 e. The summed E-state index contributed by atoms with van der Waals surface area (Å²) >= 11 is 0. The van der Waals surface area contributed by atoms with Crippen molar-refractivity contribution >= 4 is 11.6 Å². The van der Waals surface area contributed by atoms with E-state index >= 15 is 0 Å². The monoisotopic (exact) mass is 234 g/mol. The first-order chi connectivity index (χ1) is 8.17. The zero-order valence-corrected chi connectivity index (χ0v) is 10.8. The van der Waals surface area contributed by atoms with Gasteiger partial charge in [-0.15, -0.1) is 0 Å². The van der Waals surface area contributed by atoms with Crippen molar-refractivity contribution in [3.63, 3.8) is 0 Å². The summed E-state index contributed by atoms with van der Waals surface area (Å²) in [6.45, 7) is 5.31. The van der Waals surface area contributed by atoms with E-state index in [4.69, 9.17) is 5.73 Å². The van der Waals surface area contributed by atoms with Gasteiger partial charge >= 0.3 is 0 Å². The van der Waals surface area contributed by atoms with E-state index in [0.717, 1.165) is 24.6 Å². The molecule has 0 aliphatic heterocycles. The Kier molecular flexibility index (Phi) is 3.50. The molecule has 94 valence electrons. The van der Waals surface area contributed by atoms with Crippen molar-refractivity contribution in [3.05, 3.63) is 11.9 Å². The highest BCUT2D eigenvalue weighted by molar-refractivity contribution is 5.44. The Morgan fingerprint density at radius 1 is 1.35 bits per heavy atom. The van der Waals surface area contributed by atoms with Crippen LogP contribution in [0.5, 0.6) is 0 Å². The molecule has 1 fully saturated rings. The van der Waals surface area contributed by atoms with Gasteiger partial charge in [-0.1, -0.05) is 20.3 Å². The van der Waals surface area contributed by atoms with Crippen LogP contribution in [0, 0.1) is 5.41 Å². The molecular formula is C13H22N4. The molecule has 1 aromatic rings. The van der Waals surface area contributed by atoms with Crippen molar-refractivity contribution in [2.45, 2.75) is 46.0 Å². The summed E-state index contributed by atoms with van der Waals surface area (Å²) in [6.07, 6.45) is 6.08. The van der Waals surface area contributed by atoms with Gasteiger partial charge in [-0.3, -0.25) is 0 Å². The maximum atomic E-state index is 5.76. The highest BCUT2D eigenvalue weighted by Crippen LogP contribution is 2.43. The zero-order valence-electron chi connectivity index (χ0n) is 10.8. The highest BCUT2D eigenvalue weighted by atomic mass is 15.1. The van der Waals surface area contributed by atoms with Crippen molar-refractivity contribution in [2.75, 3.05) is 17.6 Å². The summed E-state index contributed by atoms with van der Waals surface area (Å²) in [7, 11) is 0. The molecule has 1 aromatic heterocycles. The Balaban J connectivity index is 2.01. The average Bonchev–Trinajstić information content (AvgIpc) is 2.27. The summed E-state index contributed by atoms with van der Waals surface area (Å²) in [6, 6.07) is 1.82. The normalized spacial score (nSPS) is 17.5. The van der Waals surface area contributed by atoms with Gasteiger partial charge in [0.1, 0.15) is 17.5 Å². The third-order valence-corrected chi connectivity index (χ3v) is 3.92. The highest BCUT2D eigenvalue weighted by Gasteiger charge is 2.34. The lowest BCUT2D eigenvalue weighted by atomic mass is 9.67. The molecular weight excluding hydrogens is 212 g/mol. The van der Waals surface area contributed by atoms with Gasteiger partial charge in [0.15, 0.2) is 0 Å². The number of hydrogen-bond donors (Lipinski definition) is 2. The van der Waals surface area contributed by atoms with E-state index in [-0.39, 0.29) is 0 Å². The van der Waals surface area contributed by atoms with Gasteiger partial charge < -0.3 is 11.1 Å². The SMILES string of the molecule is CCc1nc(N)cc(NCC2(CC)CCC2)n1. The van der Waals surface area contributed by atoms with Crippen LogP contribution in [0.1, 0.15) is 45.4 Å². The number of rotatable bonds is 5. The fourth-order valence-electron chi connectivity index (χ4n) is 2.38. The van der Waals surface area contributed by atoms with Crippen molar-refractivity contribution in [1.29, 1.82) is 0 Å². The van der Waals surface area contributed by atoms with E-state index in [1.807, 2.05) is 13.0 Å². The average molecular weight is 234 g/mol. The number of nitrogens with zero attached hydrogens (tertiary/aromatic N) is 2. The molecule has 0 atom stereocenters. The number of aromatic nitrogens is 2. The molecule has 0 aromatic carbocycles. The lowest BCUT2D eigenvalue weighted by Gasteiger charge is -2.41. The third kappa shape index (κ3) is 2.68. The molecule has 0 spiro atoms. The van der Waals surface area contributed by atoms with E-state index in [9.17, 15) is 0 Å². The van der Waals surface area contributed by atoms with Gasteiger partial charge in [-0.25, -0.2) is 9.97 Å². The van der Waals surface area contributed by atoms with Crippen LogP contribution < -0.4 is 11.1 Å². The second-order valence-corrected chi connectivity index (χ2v) is 5.01. The second-order valence-electron chi connectivity index (χ2n) is 5.01. The summed E-state index contributed by atoms with van der Waals surface area (Å²) < 4.78 is 0. The molecule has 2 rings (SSSR count). The van der Waals surface area contributed by atoms with Crippen molar-refractivity contribution in [1.82, 2.24) is 9.97 Å². The van der Waals surface area contributed by atoms with Gasteiger partial charge in [0.2, 0.25) is 0 Å². The van der Waals surface area contributed by atoms with E-state index in [0.29, 0.717) is 11.2 Å². The summed E-state index contributed by atoms with van der Waals surface area (Å²) in [5, 5.41) is 3.42. The predicted octanol–water partition coefficient (Wildman–Crippen LogP) is 2.61. The Labute approximate surface area is 103 Å². The quantitative estimate of drug-likeness (QED) is 0.822. The van der Waals surface area contributed by atoms with E-state index < -0.39 is 0 Å². The van der Waals surface area contributed by atoms with Crippen molar-refractivity contribution in [3.8, 4) is 0 Å². The van der Waals surface area contributed by atoms with Crippen LogP contribution in [0.4, 0.5) is 11.6 Å². The summed E-state index contributed by atoms with van der Waals surface area (Å²) in [5.41, 5.74) is 6.25. The lowest BCUT2D eigenvalue weighted by molar-refractivity contribution is 0.145. The van der Waals surface area contributed by atoms with Crippen LogP contribution in [0.3, 0.4) is 0 Å². The summed E-state index contributed by atoms with van der Waals surface area (Å²) in [5.74, 6) is 2.24. The molecule has 0 saturated heterocycles. The van der Waals surface area contributed by atoms with Gasteiger partial charge in [0.25, 0.3) is 0 Å². The van der Waals surface area contributed by atoms with Crippen LogP contribution in [0.15, 0.2) is 6.07 Å². The van der Waals surface area contributed by atoms with Gasteiger partial charge in [-0.05, 0) is 24.7 Å². The Morgan fingerprint density at radius 3 is 2.65 bits per heavy atom. The number of nitrogens with two attached hydrogens (primary N) is 1. The molecule has 3 N–H and O–H groups in total. The molecule has 4 nitrogen and oxygen atoms in total. The molecule has 0 radical (unpaired) electrons. The lowest BCUT2D eigenvalue weighted by Crippen LogP contribution is -2.36. The Bertz CT molecular complexity index is 379. The van der Waals surface area contributed by atoms with E-state index in [1.54, 1.807) is 0 Å². The van der Waals surface area contributed by atoms with E-state index in [1.165, 1.54) is 25.7 Å². The summed E-state index contributed by atoms with van der Waals surface area (Å²) in [4.78, 5) is 8.62. The third-order valence-electron chi connectivity index (χ3n) is 3.92. The number of nitrogen functional groups attached to an aromatic ring is 1. The molecule has 0 bridgehead atoms. The fourth-order valence-corrected chi connectivity index (χ4v) is 2.38. The van der Waals surface area contributed by atoms with Gasteiger partial charge in [0, 0.05) is 19.0 Å². The van der Waals surface area contributed by atoms with E-state index in [2.05, 4.69) is 22.2 Å². The Hall–Kier alpha value is -1.32. The molecule has 1 heterocycles. The minimum Gasteiger partial charge on any atom is -0.384 e. The van der Waals surface area contributed by atoms with Gasteiger partial charge in [-0.2, -0.15) is 0 Å². The molecule has 1 aliphatic carbocycles. The van der Waals surface area contributed by atoms with Crippen molar-refractivity contribution in [2.24, 2.45) is 5.41 Å². The van der Waals surface area contributed by atoms with Gasteiger partial charge in [0.05, 0.1) is 0 Å². The number of nitrogens with one attached hydrogen (secondary N) is 1. The van der Waals surface area contributed by atoms with Crippen LogP contribution in [0.25, 0.3) is 0 Å². The first kappa shape index (κ1) is 12.1. The van der Waals surface area contributed by atoms with Crippen LogP contribution in [-0.2, 0) is 6.42 Å². The maximum Gasteiger partial charge on any atom is 0.132 e. The zero-order chi connectivity index (χ0) is 12.3. The predicted molar refractivity (Wildman–Crippen MR) is 70.9 cm³/mol. The van der Waals surface area contributed by atoms with Crippen molar-refractivity contribution < 1.29 is 0 Å². The number of aryl methyl sites for hydroxylation is 1. The molecule has 4 heteroatoms. The second kappa shape index (κ2) is 4.90. The fraction of sp³-hybridized carbons (Fsp3) is 0.692. The number of hydrogen-bond acceptors (Lipinski definition) is 4. The molecule has 17 heavy (non-hydrogen) atoms. The first-order valence-corrected chi connectivity index (χ1v) is 6.55. The van der Waals surface area contributed by atoms with Crippen LogP contribution in [0.2, 0.25) is 0 Å². The topological polar surface area (TPSA) is 63.8 Å². The molecule has 0 unspecified atom stereocenters. The smallest absolute Gasteiger partial charge is 0.132 e. The standard InChI is InChI=1S/C13H22N4/c1-3-11-16-10(14)8-12(17-11)15-9-13(4-2)6-5-7-13/h8H,3-7,9H2,1-2H3,(H3,14,15,16,17). The molecule has 1 aliphatic rings. The first-order valence-electron chi connectivity index (χ1n) is 6.55. The van der Waals surface area contributed by atoms with Crippen LogP contribution in [-0.4, -0.2) is 16.5 Å². The molecule has 0 amide bonds.